The van der Waals surface area contributed by atoms with E-state index >= 15 is 0 Å². The van der Waals surface area contributed by atoms with E-state index in [0.717, 1.165) is 0 Å². The van der Waals surface area contributed by atoms with E-state index in [1.807, 2.05) is 13.8 Å². The van der Waals surface area contributed by atoms with Crippen molar-refractivity contribution in [2.75, 3.05) is 24.3 Å². The maximum Gasteiger partial charge on any atom is 0.243 e. The fourth-order valence-electron chi connectivity index (χ4n) is 2.02. The van der Waals surface area contributed by atoms with Crippen LogP contribution in [0.3, 0.4) is 0 Å². The molecule has 1 amide bonds. The van der Waals surface area contributed by atoms with Gasteiger partial charge in [-0.15, -0.1) is 11.6 Å². The molecular formula is C15H23ClN2O4S. The van der Waals surface area contributed by atoms with Crippen molar-refractivity contribution in [3.8, 4) is 5.75 Å². The number of ether oxygens (including phenoxy) is 1. The number of anilines is 1. The van der Waals surface area contributed by atoms with Gasteiger partial charge in [0.25, 0.3) is 0 Å². The van der Waals surface area contributed by atoms with E-state index in [4.69, 9.17) is 16.3 Å². The zero-order chi connectivity index (χ0) is 17.6. The lowest BCUT2D eigenvalue weighted by molar-refractivity contribution is -0.113. The third-order valence-electron chi connectivity index (χ3n) is 3.05. The number of nitrogens with zero attached hydrogens (tertiary/aromatic N) is 1. The number of benzene rings is 1. The van der Waals surface area contributed by atoms with Crippen LogP contribution in [0.5, 0.6) is 5.75 Å². The van der Waals surface area contributed by atoms with Gasteiger partial charge >= 0.3 is 0 Å². The van der Waals surface area contributed by atoms with Crippen LogP contribution in [0.4, 0.5) is 5.69 Å². The number of nitrogens with one attached hydrogen (secondary N) is 1. The fraction of sp³-hybridized carbons (Fsp3) is 0.533. The summed E-state index contributed by atoms with van der Waals surface area (Å²) in [7, 11) is -3.62. The summed E-state index contributed by atoms with van der Waals surface area (Å²) in [6.45, 7) is 7.96. The highest BCUT2D eigenvalue weighted by Crippen LogP contribution is 2.30. The third-order valence-corrected chi connectivity index (χ3v) is 5.34. The zero-order valence-electron chi connectivity index (χ0n) is 13.8. The Labute approximate surface area is 142 Å². The Morgan fingerprint density at radius 1 is 1.30 bits per heavy atom. The summed E-state index contributed by atoms with van der Waals surface area (Å²) in [4.78, 5) is 11.7. The monoisotopic (exact) mass is 362 g/mol. The molecule has 0 bridgehead atoms. The maximum atomic E-state index is 12.6. The SMILES string of the molecule is CCN(CC)S(=O)(=O)c1ccc(OC(C)C)c(NC(=O)CCl)c1. The second kappa shape index (κ2) is 8.52. The first-order valence-electron chi connectivity index (χ1n) is 7.42. The highest BCUT2D eigenvalue weighted by molar-refractivity contribution is 7.89. The van der Waals surface area contributed by atoms with E-state index in [2.05, 4.69) is 5.32 Å². The number of hydrogen-bond donors (Lipinski definition) is 1. The molecule has 0 aliphatic rings. The molecule has 0 aliphatic carbocycles. The molecular weight excluding hydrogens is 340 g/mol. The molecule has 23 heavy (non-hydrogen) atoms. The molecule has 6 nitrogen and oxygen atoms in total. The van der Waals surface area contributed by atoms with Gasteiger partial charge in [0.15, 0.2) is 0 Å². The Balaban J connectivity index is 3.31. The van der Waals surface area contributed by atoms with Crippen molar-refractivity contribution in [3.05, 3.63) is 18.2 Å². The van der Waals surface area contributed by atoms with Crippen molar-refractivity contribution in [1.29, 1.82) is 0 Å². The average molecular weight is 363 g/mol. The van der Waals surface area contributed by atoms with Crippen molar-refractivity contribution in [2.24, 2.45) is 0 Å². The largest absolute Gasteiger partial charge is 0.489 e. The molecule has 0 atom stereocenters. The van der Waals surface area contributed by atoms with E-state index in [0.29, 0.717) is 18.8 Å². The molecule has 0 saturated carbocycles. The zero-order valence-corrected chi connectivity index (χ0v) is 15.4. The molecule has 0 heterocycles. The number of halogens is 1. The minimum Gasteiger partial charge on any atom is -0.489 e. The molecule has 1 aromatic carbocycles. The Kier molecular flexibility index (Phi) is 7.31. The van der Waals surface area contributed by atoms with Gasteiger partial charge in [0, 0.05) is 13.1 Å². The molecule has 1 N–H and O–H groups in total. The van der Waals surface area contributed by atoms with Crippen molar-refractivity contribution in [3.63, 3.8) is 0 Å². The number of sulfonamides is 1. The fourth-order valence-corrected chi connectivity index (χ4v) is 3.57. The highest BCUT2D eigenvalue weighted by atomic mass is 35.5. The minimum absolute atomic E-state index is 0.0992. The number of alkyl halides is 1. The van der Waals surface area contributed by atoms with Crippen LogP contribution in [0.1, 0.15) is 27.7 Å². The molecule has 8 heteroatoms. The second-order valence-electron chi connectivity index (χ2n) is 5.10. The van der Waals surface area contributed by atoms with Crippen molar-refractivity contribution < 1.29 is 17.9 Å². The van der Waals surface area contributed by atoms with E-state index in [9.17, 15) is 13.2 Å². The first kappa shape index (κ1) is 19.7. The molecule has 0 spiro atoms. The quantitative estimate of drug-likeness (QED) is 0.721. The number of hydrogen-bond acceptors (Lipinski definition) is 4. The van der Waals surface area contributed by atoms with E-state index in [1.165, 1.54) is 16.4 Å². The summed E-state index contributed by atoms with van der Waals surface area (Å²) < 4.78 is 32.1. The number of carbonyl (C=O) groups is 1. The predicted molar refractivity (Wildman–Crippen MR) is 91.7 cm³/mol. The van der Waals surface area contributed by atoms with E-state index < -0.39 is 15.9 Å². The molecule has 0 aromatic heterocycles. The lowest BCUT2D eigenvalue weighted by Crippen LogP contribution is -2.30. The van der Waals surface area contributed by atoms with Gasteiger partial charge in [0.1, 0.15) is 11.6 Å². The molecule has 1 aromatic rings. The van der Waals surface area contributed by atoms with Crippen LogP contribution in [-0.2, 0) is 14.8 Å². The van der Waals surface area contributed by atoms with E-state index in [1.54, 1.807) is 19.9 Å². The Morgan fingerprint density at radius 3 is 2.39 bits per heavy atom. The highest BCUT2D eigenvalue weighted by Gasteiger charge is 2.23. The normalized spacial score (nSPS) is 11.8. The summed E-state index contributed by atoms with van der Waals surface area (Å²) in [6.07, 6.45) is -0.119. The summed E-state index contributed by atoms with van der Waals surface area (Å²) in [6, 6.07) is 4.41. The van der Waals surface area contributed by atoms with Gasteiger partial charge in [-0.1, -0.05) is 13.8 Å². The van der Waals surface area contributed by atoms with Crippen molar-refractivity contribution >= 4 is 33.2 Å². The molecule has 0 unspecified atom stereocenters. The van der Waals surface area contributed by atoms with Crippen LogP contribution in [0.2, 0.25) is 0 Å². The second-order valence-corrected chi connectivity index (χ2v) is 7.30. The standard InChI is InChI=1S/C15H23ClN2O4S/c1-5-18(6-2)23(20,21)12-7-8-14(22-11(3)4)13(9-12)17-15(19)10-16/h7-9,11H,5-6,10H2,1-4H3,(H,17,19). The van der Waals surface area contributed by atoms with Crippen LogP contribution < -0.4 is 10.1 Å². The van der Waals surface area contributed by atoms with Gasteiger partial charge in [-0.2, -0.15) is 4.31 Å². The Bertz CT molecular complexity index is 643. The molecule has 0 radical (unpaired) electrons. The van der Waals surface area contributed by atoms with Crippen molar-refractivity contribution in [2.45, 2.75) is 38.7 Å². The summed E-state index contributed by atoms with van der Waals surface area (Å²) in [5.41, 5.74) is 0.289. The molecule has 130 valence electrons. The third kappa shape index (κ3) is 5.09. The van der Waals surface area contributed by atoms with Gasteiger partial charge in [-0.25, -0.2) is 8.42 Å². The number of amides is 1. The minimum atomic E-state index is -3.62. The lowest BCUT2D eigenvalue weighted by atomic mass is 10.3. The number of rotatable bonds is 8. The predicted octanol–water partition coefficient (Wildman–Crippen LogP) is 2.68. The molecule has 0 aliphatic heterocycles. The van der Waals surface area contributed by atoms with Crippen LogP contribution in [0.25, 0.3) is 0 Å². The number of carbonyl (C=O) groups excluding carboxylic acids is 1. The lowest BCUT2D eigenvalue weighted by Gasteiger charge is -2.20. The smallest absolute Gasteiger partial charge is 0.243 e. The Hall–Kier alpha value is -1.31. The van der Waals surface area contributed by atoms with Gasteiger partial charge < -0.3 is 10.1 Å². The first-order chi connectivity index (χ1) is 10.8. The molecule has 0 fully saturated rings. The maximum absolute atomic E-state index is 12.6. The van der Waals surface area contributed by atoms with Crippen molar-refractivity contribution in [1.82, 2.24) is 4.31 Å². The molecule has 0 saturated heterocycles. The van der Waals surface area contributed by atoms with Gasteiger partial charge in [0.2, 0.25) is 15.9 Å². The van der Waals surface area contributed by atoms with Crippen LogP contribution in [0.15, 0.2) is 23.1 Å². The van der Waals surface area contributed by atoms with Crippen LogP contribution >= 0.6 is 11.6 Å². The van der Waals surface area contributed by atoms with Gasteiger partial charge in [0.05, 0.1) is 16.7 Å². The van der Waals surface area contributed by atoms with E-state index in [-0.39, 0.29) is 22.6 Å². The Morgan fingerprint density at radius 2 is 1.91 bits per heavy atom. The summed E-state index contributed by atoms with van der Waals surface area (Å²) in [5.74, 6) is -0.261. The van der Waals surface area contributed by atoms with Crippen LogP contribution in [0, 0.1) is 0 Å². The van der Waals surface area contributed by atoms with Crippen LogP contribution in [-0.4, -0.2) is 43.7 Å². The topological polar surface area (TPSA) is 75.7 Å². The van der Waals surface area contributed by atoms with Gasteiger partial charge in [-0.3, -0.25) is 4.79 Å². The summed E-state index contributed by atoms with van der Waals surface area (Å²) in [5, 5.41) is 2.57. The molecule has 1 rings (SSSR count). The summed E-state index contributed by atoms with van der Waals surface area (Å²) >= 11 is 5.51. The van der Waals surface area contributed by atoms with Gasteiger partial charge in [-0.05, 0) is 32.0 Å². The average Bonchev–Trinajstić information content (AvgIpc) is 2.49. The first-order valence-corrected chi connectivity index (χ1v) is 9.40.